The van der Waals surface area contributed by atoms with Crippen molar-refractivity contribution in [1.82, 2.24) is 15.0 Å². The van der Waals surface area contributed by atoms with Crippen molar-refractivity contribution in [2.75, 3.05) is 16.6 Å². The first kappa shape index (κ1) is 18.3. The normalized spacial score (nSPS) is 13.7. The van der Waals surface area contributed by atoms with Crippen LogP contribution in [0.25, 0.3) is 10.9 Å². The van der Waals surface area contributed by atoms with Gasteiger partial charge in [0.2, 0.25) is 10.0 Å². The Bertz CT molecular complexity index is 1250. The topological polar surface area (TPSA) is 102 Å². The van der Waals surface area contributed by atoms with Crippen LogP contribution in [0.15, 0.2) is 47.3 Å². The van der Waals surface area contributed by atoms with E-state index in [0.717, 1.165) is 10.2 Å². The maximum Gasteiger partial charge on any atom is 0.278 e. The lowest BCUT2D eigenvalue weighted by atomic mass is 10.1. The van der Waals surface area contributed by atoms with Gasteiger partial charge in [-0.15, -0.1) is 5.10 Å². The zero-order valence-corrected chi connectivity index (χ0v) is 16.0. The molecule has 0 saturated heterocycles. The molecule has 0 bridgehead atoms. The number of nitrogens with zero attached hydrogens (tertiary/aromatic N) is 4. The predicted octanol–water partition coefficient (Wildman–Crippen LogP) is 1.39. The number of benzene rings is 2. The highest BCUT2D eigenvalue weighted by atomic mass is 32.2. The van der Waals surface area contributed by atoms with Gasteiger partial charge in [0.1, 0.15) is 12.1 Å². The van der Waals surface area contributed by atoms with Gasteiger partial charge in [0.05, 0.1) is 16.8 Å². The van der Waals surface area contributed by atoms with Crippen LogP contribution in [0.5, 0.6) is 0 Å². The molecule has 2 aromatic carbocycles. The van der Waals surface area contributed by atoms with Crippen LogP contribution in [0, 0.1) is 0 Å². The molecule has 1 aromatic heterocycles. The van der Waals surface area contributed by atoms with Crippen LogP contribution in [-0.4, -0.2) is 41.5 Å². The monoisotopic (exact) mass is 398 g/mol. The van der Waals surface area contributed by atoms with Gasteiger partial charge in [0.15, 0.2) is 5.78 Å². The summed E-state index contributed by atoms with van der Waals surface area (Å²) in [4.78, 5) is 25.2. The third-order valence-electron chi connectivity index (χ3n) is 4.88. The van der Waals surface area contributed by atoms with Gasteiger partial charge in [0, 0.05) is 12.1 Å². The summed E-state index contributed by atoms with van der Waals surface area (Å²) < 4.78 is 26.8. The molecule has 8 nitrogen and oxygen atoms in total. The number of fused-ring (bicyclic) bond motifs is 2. The van der Waals surface area contributed by atoms with Crippen LogP contribution >= 0.6 is 0 Å². The molecule has 2 heterocycles. The van der Waals surface area contributed by atoms with E-state index < -0.39 is 10.0 Å². The van der Waals surface area contributed by atoms with Crippen molar-refractivity contribution in [2.45, 2.75) is 19.9 Å². The number of aromatic nitrogens is 3. The third kappa shape index (κ3) is 3.07. The number of Topliss-reactive ketones (excluding diaryl/α,β-unsaturated/α-hetero) is 1. The van der Waals surface area contributed by atoms with E-state index in [9.17, 15) is 18.0 Å². The molecule has 1 aliphatic rings. The van der Waals surface area contributed by atoms with Crippen molar-refractivity contribution >= 4 is 32.4 Å². The Kier molecular flexibility index (Phi) is 4.46. The van der Waals surface area contributed by atoms with Gasteiger partial charge in [-0.05, 0) is 49.2 Å². The van der Waals surface area contributed by atoms with Gasteiger partial charge >= 0.3 is 0 Å². The van der Waals surface area contributed by atoms with E-state index in [2.05, 4.69) is 10.3 Å². The molecule has 0 atom stereocenters. The SMILES string of the molecule is CCS(=O)(=O)N1CCc2cc(C(=O)Cn3nnc4ccccc4c3=O)ccc21. The quantitative estimate of drug-likeness (QED) is 0.602. The first-order valence-electron chi connectivity index (χ1n) is 8.90. The second kappa shape index (κ2) is 6.83. The van der Waals surface area contributed by atoms with Gasteiger partial charge in [-0.3, -0.25) is 13.9 Å². The van der Waals surface area contributed by atoms with Gasteiger partial charge in [-0.2, -0.15) is 0 Å². The fraction of sp³-hybridized carbons (Fsp3) is 0.263. The van der Waals surface area contributed by atoms with E-state index in [-0.39, 0.29) is 23.6 Å². The lowest BCUT2D eigenvalue weighted by Gasteiger charge is -2.18. The molecule has 0 unspecified atom stereocenters. The Labute approximate surface area is 161 Å². The number of rotatable bonds is 5. The fourth-order valence-corrected chi connectivity index (χ4v) is 4.50. The molecule has 0 radical (unpaired) electrons. The molecule has 0 fully saturated rings. The van der Waals surface area contributed by atoms with Gasteiger partial charge < -0.3 is 0 Å². The Hall–Kier alpha value is -3.07. The molecule has 9 heteroatoms. The summed E-state index contributed by atoms with van der Waals surface area (Å²) in [5.74, 6) is -0.261. The number of ketones is 1. The molecule has 0 N–H and O–H groups in total. The van der Waals surface area contributed by atoms with E-state index in [4.69, 9.17) is 0 Å². The zero-order chi connectivity index (χ0) is 19.9. The number of hydrogen-bond donors (Lipinski definition) is 0. The Morgan fingerprint density at radius 2 is 1.96 bits per heavy atom. The summed E-state index contributed by atoms with van der Waals surface area (Å²) in [5, 5.41) is 8.23. The molecule has 3 aromatic rings. The van der Waals surface area contributed by atoms with Crippen molar-refractivity contribution < 1.29 is 13.2 Å². The van der Waals surface area contributed by atoms with E-state index >= 15 is 0 Å². The van der Waals surface area contributed by atoms with Crippen molar-refractivity contribution in [2.24, 2.45) is 0 Å². The second-order valence-corrected chi connectivity index (χ2v) is 8.74. The van der Waals surface area contributed by atoms with E-state index in [0.29, 0.717) is 35.1 Å². The molecule has 0 spiro atoms. The smallest absolute Gasteiger partial charge is 0.278 e. The minimum absolute atomic E-state index is 0.0245. The number of carbonyl (C=O) groups excluding carboxylic acids is 1. The zero-order valence-electron chi connectivity index (χ0n) is 15.2. The summed E-state index contributed by atoms with van der Waals surface area (Å²) in [6.45, 7) is 1.75. The molecule has 4 rings (SSSR count). The highest BCUT2D eigenvalue weighted by Gasteiger charge is 2.28. The average molecular weight is 398 g/mol. The first-order valence-corrected chi connectivity index (χ1v) is 10.5. The van der Waals surface area contributed by atoms with Gasteiger partial charge in [-0.25, -0.2) is 13.1 Å². The minimum Gasteiger partial charge on any atom is -0.292 e. The highest BCUT2D eigenvalue weighted by Crippen LogP contribution is 2.31. The molecular formula is C19H18N4O4S. The molecule has 28 heavy (non-hydrogen) atoms. The predicted molar refractivity (Wildman–Crippen MR) is 105 cm³/mol. The average Bonchev–Trinajstić information content (AvgIpc) is 3.14. The minimum atomic E-state index is -3.33. The number of carbonyl (C=O) groups is 1. The number of hydrogen-bond acceptors (Lipinski definition) is 6. The molecule has 0 aliphatic carbocycles. The molecule has 144 valence electrons. The van der Waals surface area contributed by atoms with E-state index in [1.54, 1.807) is 49.4 Å². The van der Waals surface area contributed by atoms with Crippen LogP contribution < -0.4 is 9.86 Å². The first-order chi connectivity index (χ1) is 13.4. The lowest BCUT2D eigenvalue weighted by molar-refractivity contribution is 0.0964. The largest absolute Gasteiger partial charge is 0.292 e. The molecule has 1 aliphatic heterocycles. The summed E-state index contributed by atoms with van der Waals surface area (Å²) in [6.07, 6.45) is 0.547. The van der Waals surface area contributed by atoms with Crippen molar-refractivity contribution in [3.05, 3.63) is 63.9 Å². The van der Waals surface area contributed by atoms with E-state index in [1.165, 1.54) is 4.31 Å². The Morgan fingerprint density at radius 1 is 1.18 bits per heavy atom. The van der Waals surface area contributed by atoms with Crippen LogP contribution in [0.4, 0.5) is 5.69 Å². The lowest BCUT2D eigenvalue weighted by Crippen LogP contribution is -2.30. The van der Waals surface area contributed by atoms with Crippen molar-refractivity contribution in [1.29, 1.82) is 0 Å². The summed E-state index contributed by atoms with van der Waals surface area (Å²) in [7, 11) is -3.33. The van der Waals surface area contributed by atoms with Crippen LogP contribution in [0.3, 0.4) is 0 Å². The van der Waals surface area contributed by atoms with E-state index in [1.807, 2.05) is 0 Å². The third-order valence-corrected chi connectivity index (χ3v) is 6.66. The Balaban J connectivity index is 1.62. The summed E-state index contributed by atoms with van der Waals surface area (Å²) in [5.41, 5.74) is 1.93. The van der Waals surface area contributed by atoms with Crippen molar-refractivity contribution in [3.8, 4) is 0 Å². The molecule has 0 amide bonds. The highest BCUT2D eigenvalue weighted by molar-refractivity contribution is 7.92. The van der Waals surface area contributed by atoms with Crippen LogP contribution in [-0.2, 0) is 23.0 Å². The molecular weight excluding hydrogens is 380 g/mol. The van der Waals surface area contributed by atoms with Crippen molar-refractivity contribution in [3.63, 3.8) is 0 Å². The number of anilines is 1. The van der Waals surface area contributed by atoms with Gasteiger partial charge in [-0.1, -0.05) is 17.3 Å². The number of sulfonamides is 1. The van der Waals surface area contributed by atoms with Crippen LogP contribution in [0.1, 0.15) is 22.8 Å². The summed E-state index contributed by atoms with van der Waals surface area (Å²) in [6, 6.07) is 11.8. The fourth-order valence-electron chi connectivity index (χ4n) is 3.34. The maximum absolute atomic E-state index is 12.7. The maximum atomic E-state index is 12.7. The summed E-state index contributed by atoms with van der Waals surface area (Å²) >= 11 is 0. The van der Waals surface area contributed by atoms with Crippen LogP contribution in [0.2, 0.25) is 0 Å². The standard InChI is InChI=1S/C19H18N4O4S/c1-2-28(26,27)23-10-9-13-11-14(7-8-17(13)23)18(24)12-22-19(25)15-5-3-4-6-16(15)20-21-22/h3-8,11H,2,9-10,12H2,1H3. The molecule has 0 saturated carbocycles. The second-order valence-electron chi connectivity index (χ2n) is 6.56. The Morgan fingerprint density at radius 3 is 2.75 bits per heavy atom. The van der Waals surface area contributed by atoms with Gasteiger partial charge in [0.25, 0.3) is 5.56 Å².